The highest BCUT2D eigenvalue weighted by Crippen LogP contribution is 2.27. The summed E-state index contributed by atoms with van der Waals surface area (Å²) in [7, 11) is 3.93. The van der Waals surface area contributed by atoms with Crippen molar-refractivity contribution in [1.82, 2.24) is 15.2 Å². The molecule has 0 spiro atoms. The van der Waals surface area contributed by atoms with E-state index in [1.807, 2.05) is 37.2 Å². The Morgan fingerprint density at radius 2 is 2.04 bits per heavy atom. The predicted octanol–water partition coefficient (Wildman–Crippen LogP) is 2.95. The zero-order chi connectivity index (χ0) is 17.4. The maximum atomic E-state index is 11.8. The molecule has 0 aliphatic heterocycles. The summed E-state index contributed by atoms with van der Waals surface area (Å²) in [6.07, 6.45) is 11.6. The Bertz CT molecular complexity index is 545. The van der Waals surface area contributed by atoms with Crippen molar-refractivity contribution in [1.29, 1.82) is 0 Å². The van der Waals surface area contributed by atoms with Crippen LogP contribution in [0.4, 0.5) is 5.69 Å². The topological polar surface area (TPSA) is 57.3 Å². The van der Waals surface area contributed by atoms with Crippen LogP contribution in [0.25, 0.3) is 0 Å². The van der Waals surface area contributed by atoms with E-state index >= 15 is 0 Å². The molecule has 1 amide bonds. The highest BCUT2D eigenvalue weighted by atomic mass is 16.1. The van der Waals surface area contributed by atoms with Gasteiger partial charge in [-0.15, -0.1) is 0 Å². The van der Waals surface area contributed by atoms with Crippen molar-refractivity contribution in [3.05, 3.63) is 36.2 Å². The largest absolute Gasteiger partial charge is 0.321 e. The Labute approximate surface area is 145 Å². The van der Waals surface area contributed by atoms with Crippen molar-refractivity contribution >= 4 is 11.6 Å². The SMILES string of the molecule is CN(C)C/C=C/C(=O)Nc1ccc(CNC2(C)CCCCC2)nc1. The summed E-state index contributed by atoms with van der Waals surface area (Å²) in [5.74, 6) is -0.126. The van der Waals surface area contributed by atoms with Gasteiger partial charge in [-0.2, -0.15) is 0 Å². The smallest absolute Gasteiger partial charge is 0.248 e. The van der Waals surface area contributed by atoms with Gasteiger partial charge in [0.2, 0.25) is 5.91 Å². The first kappa shape index (κ1) is 18.6. The van der Waals surface area contributed by atoms with Gasteiger partial charge < -0.3 is 15.5 Å². The lowest BCUT2D eigenvalue weighted by atomic mass is 9.83. The highest BCUT2D eigenvalue weighted by Gasteiger charge is 2.25. The van der Waals surface area contributed by atoms with Gasteiger partial charge in [0.1, 0.15) is 0 Å². The van der Waals surface area contributed by atoms with Crippen LogP contribution in [0.1, 0.15) is 44.7 Å². The molecule has 1 aliphatic rings. The maximum absolute atomic E-state index is 11.8. The molecule has 5 nitrogen and oxygen atoms in total. The van der Waals surface area contributed by atoms with Crippen molar-refractivity contribution in [3.63, 3.8) is 0 Å². The highest BCUT2D eigenvalue weighted by molar-refractivity contribution is 5.99. The number of hydrogen-bond donors (Lipinski definition) is 2. The molecule has 2 N–H and O–H groups in total. The van der Waals surface area contributed by atoms with Gasteiger partial charge in [-0.05, 0) is 46.0 Å². The Hall–Kier alpha value is -1.72. The first-order chi connectivity index (χ1) is 11.5. The molecule has 5 heteroatoms. The molecule has 1 heterocycles. The van der Waals surface area contributed by atoms with Crippen LogP contribution < -0.4 is 10.6 Å². The van der Waals surface area contributed by atoms with Gasteiger partial charge in [0, 0.05) is 24.7 Å². The lowest BCUT2D eigenvalue weighted by molar-refractivity contribution is -0.111. The van der Waals surface area contributed by atoms with E-state index in [1.54, 1.807) is 12.3 Å². The van der Waals surface area contributed by atoms with Gasteiger partial charge in [-0.25, -0.2) is 0 Å². The van der Waals surface area contributed by atoms with Gasteiger partial charge in [0.15, 0.2) is 0 Å². The quantitative estimate of drug-likeness (QED) is 0.755. The van der Waals surface area contributed by atoms with Gasteiger partial charge in [-0.1, -0.05) is 25.3 Å². The van der Waals surface area contributed by atoms with E-state index in [0.717, 1.165) is 24.5 Å². The van der Waals surface area contributed by atoms with Crippen LogP contribution in [0, 0.1) is 0 Å². The van der Waals surface area contributed by atoms with Gasteiger partial charge in [0.05, 0.1) is 17.6 Å². The number of pyridine rings is 1. The molecule has 1 aliphatic carbocycles. The van der Waals surface area contributed by atoms with E-state index in [4.69, 9.17) is 0 Å². The zero-order valence-electron chi connectivity index (χ0n) is 15.1. The average Bonchev–Trinajstić information content (AvgIpc) is 2.55. The Morgan fingerprint density at radius 1 is 1.29 bits per heavy atom. The fourth-order valence-electron chi connectivity index (χ4n) is 2.97. The first-order valence-corrected chi connectivity index (χ1v) is 8.79. The number of nitrogens with zero attached hydrogens (tertiary/aromatic N) is 2. The molecule has 0 aromatic carbocycles. The number of amides is 1. The molecule has 1 fully saturated rings. The van der Waals surface area contributed by atoms with Crippen LogP contribution >= 0.6 is 0 Å². The second-order valence-electron chi connectivity index (χ2n) is 7.17. The van der Waals surface area contributed by atoms with E-state index in [1.165, 1.54) is 32.1 Å². The van der Waals surface area contributed by atoms with Crippen LogP contribution in [-0.4, -0.2) is 42.0 Å². The molecule has 132 valence electrons. The lowest BCUT2D eigenvalue weighted by Gasteiger charge is -2.34. The molecule has 0 bridgehead atoms. The summed E-state index contributed by atoms with van der Waals surface area (Å²) in [4.78, 5) is 18.2. The molecule has 24 heavy (non-hydrogen) atoms. The molecule has 1 aromatic heterocycles. The van der Waals surface area contributed by atoms with Crippen molar-refractivity contribution in [2.75, 3.05) is 26.0 Å². The van der Waals surface area contributed by atoms with Crippen LogP contribution in [0.2, 0.25) is 0 Å². The number of rotatable bonds is 7. The third-order valence-electron chi connectivity index (χ3n) is 4.49. The number of carbonyl (C=O) groups excluding carboxylic acids is 1. The Kier molecular flexibility index (Phi) is 6.94. The second-order valence-corrected chi connectivity index (χ2v) is 7.17. The fraction of sp³-hybridized carbons (Fsp3) is 0.579. The van der Waals surface area contributed by atoms with Crippen LogP contribution in [0.15, 0.2) is 30.5 Å². The summed E-state index contributed by atoms with van der Waals surface area (Å²) in [5.41, 5.74) is 1.97. The zero-order valence-corrected chi connectivity index (χ0v) is 15.1. The van der Waals surface area contributed by atoms with Crippen LogP contribution in [0.3, 0.4) is 0 Å². The monoisotopic (exact) mass is 330 g/mol. The molecule has 0 unspecified atom stereocenters. The van der Waals surface area contributed by atoms with Crippen LogP contribution in [-0.2, 0) is 11.3 Å². The number of aromatic nitrogens is 1. The molecule has 1 aromatic rings. The third-order valence-corrected chi connectivity index (χ3v) is 4.49. The minimum Gasteiger partial charge on any atom is -0.321 e. The van der Waals surface area contributed by atoms with Crippen molar-refractivity contribution < 1.29 is 4.79 Å². The molecule has 1 saturated carbocycles. The van der Waals surface area contributed by atoms with E-state index in [0.29, 0.717) is 0 Å². The molecule has 0 saturated heterocycles. The number of likely N-dealkylation sites (N-methyl/N-ethyl adjacent to an activating group) is 1. The van der Waals surface area contributed by atoms with Crippen molar-refractivity contribution in [3.8, 4) is 0 Å². The fourth-order valence-corrected chi connectivity index (χ4v) is 2.97. The normalized spacial score (nSPS) is 17.3. The summed E-state index contributed by atoms with van der Waals surface area (Å²) in [6, 6.07) is 3.88. The molecule has 2 rings (SSSR count). The summed E-state index contributed by atoms with van der Waals surface area (Å²) in [5, 5.41) is 6.48. The number of carbonyl (C=O) groups is 1. The van der Waals surface area contributed by atoms with Crippen LogP contribution in [0.5, 0.6) is 0 Å². The van der Waals surface area contributed by atoms with E-state index in [9.17, 15) is 4.79 Å². The van der Waals surface area contributed by atoms with E-state index in [2.05, 4.69) is 22.5 Å². The molecular weight excluding hydrogens is 300 g/mol. The first-order valence-electron chi connectivity index (χ1n) is 8.79. The maximum Gasteiger partial charge on any atom is 0.248 e. The number of anilines is 1. The average molecular weight is 330 g/mol. The van der Waals surface area contributed by atoms with Gasteiger partial charge in [0.25, 0.3) is 0 Å². The Morgan fingerprint density at radius 3 is 2.67 bits per heavy atom. The summed E-state index contributed by atoms with van der Waals surface area (Å²) >= 11 is 0. The lowest BCUT2D eigenvalue weighted by Crippen LogP contribution is -2.43. The molecule has 0 atom stereocenters. The molecular formula is C19H30N4O. The molecule has 0 radical (unpaired) electrons. The summed E-state index contributed by atoms with van der Waals surface area (Å²) in [6.45, 7) is 3.82. The number of hydrogen-bond acceptors (Lipinski definition) is 4. The number of nitrogens with one attached hydrogen (secondary N) is 2. The van der Waals surface area contributed by atoms with E-state index < -0.39 is 0 Å². The van der Waals surface area contributed by atoms with Gasteiger partial charge in [-0.3, -0.25) is 9.78 Å². The minimum absolute atomic E-state index is 0.126. The summed E-state index contributed by atoms with van der Waals surface area (Å²) < 4.78 is 0. The second kappa shape index (κ2) is 8.94. The Balaban J connectivity index is 1.80. The minimum atomic E-state index is -0.126. The standard InChI is InChI=1S/C19H30N4O/c1-19(11-5-4-6-12-19)21-15-16-9-10-17(14-20-16)22-18(24)8-7-13-23(2)3/h7-10,14,21H,4-6,11-13,15H2,1-3H3,(H,22,24)/b8-7+. The van der Waals surface area contributed by atoms with Crippen molar-refractivity contribution in [2.24, 2.45) is 0 Å². The predicted molar refractivity (Wildman–Crippen MR) is 98.9 cm³/mol. The van der Waals surface area contributed by atoms with Crippen molar-refractivity contribution in [2.45, 2.75) is 51.1 Å². The third kappa shape index (κ3) is 6.42. The van der Waals surface area contributed by atoms with E-state index in [-0.39, 0.29) is 11.4 Å². The van der Waals surface area contributed by atoms with Gasteiger partial charge >= 0.3 is 0 Å².